The molecule has 11 aromatic rings. The third-order valence-electron chi connectivity index (χ3n) is 16.2. The summed E-state index contributed by atoms with van der Waals surface area (Å²) < 4.78 is 16.8. The topological polar surface area (TPSA) is 34.5 Å². The van der Waals surface area contributed by atoms with Gasteiger partial charge in [-0.1, -0.05) is 149 Å². The first-order chi connectivity index (χ1) is 32.4. The Morgan fingerprint density at radius 1 is 0.485 bits per heavy atom. The van der Waals surface area contributed by atoms with E-state index in [0.29, 0.717) is 0 Å². The van der Waals surface area contributed by atoms with Crippen molar-refractivity contribution in [2.75, 3.05) is 4.81 Å². The number of furan rings is 2. The van der Waals surface area contributed by atoms with Crippen LogP contribution in [0.15, 0.2) is 142 Å². The summed E-state index contributed by atoms with van der Waals surface area (Å²) in [6, 6.07) is 51.0. The average Bonchev–Trinajstić information content (AvgIpc) is 4.03. The molecule has 0 saturated carbocycles. The number of nitrogens with zero attached hydrogens (tertiary/aromatic N) is 2. The summed E-state index contributed by atoms with van der Waals surface area (Å²) in [5.74, 6) is 0. The van der Waals surface area contributed by atoms with Crippen LogP contribution >= 0.6 is 0 Å². The standard InChI is InChI=1S/C63H55BN2O2/c1-60(2,3)34-20-24-37(25-21-34)66-49-31-41-38-26-22-36(62(7,8)9)29-45(38)63(10,11)46(41)30-44(49)56-57-58-54(55-40-17-13-15-19-52(40)68-59(55)56)43-28-35(61(4,5)6)23-27-48(43)65(58)50-32-42-39-16-12-14-18-51(39)67-53(42)33-47(50)64(57)66/h12-33H,1-11H3. The number of fused-ring (bicyclic) bond motifs is 19. The van der Waals surface area contributed by atoms with E-state index < -0.39 is 0 Å². The first kappa shape index (κ1) is 40.1. The molecule has 4 nitrogen and oxygen atoms in total. The van der Waals surface area contributed by atoms with Gasteiger partial charge in [-0.15, -0.1) is 0 Å². The molecule has 0 amide bonds. The molecule has 0 spiro atoms. The van der Waals surface area contributed by atoms with Crippen LogP contribution in [0.5, 0.6) is 0 Å². The van der Waals surface area contributed by atoms with Crippen molar-refractivity contribution < 1.29 is 8.83 Å². The third kappa shape index (κ3) is 5.12. The molecule has 0 radical (unpaired) electrons. The predicted molar refractivity (Wildman–Crippen MR) is 288 cm³/mol. The maximum absolute atomic E-state index is 7.38. The zero-order valence-electron chi connectivity index (χ0n) is 41.0. The second kappa shape index (κ2) is 12.8. The van der Waals surface area contributed by atoms with E-state index in [1.807, 2.05) is 0 Å². The van der Waals surface area contributed by atoms with Crippen LogP contribution in [0.2, 0.25) is 0 Å². The third-order valence-corrected chi connectivity index (χ3v) is 16.2. The minimum Gasteiger partial charge on any atom is -0.456 e. The maximum Gasteiger partial charge on any atom is 0.333 e. The fraction of sp³-hybridized carbons (Fsp3) is 0.238. The van der Waals surface area contributed by atoms with Gasteiger partial charge in [-0.05, 0) is 127 Å². The number of hydrogen-bond acceptors (Lipinski definition) is 3. The van der Waals surface area contributed by atoms with Crippen LogP contribution in [0.25, 0.3) is 93.6 Å². The van der Waals surface area contributed by atoms with Crippen LogP contribution in [0.1, 0.15) is 104 Å². The van der Waals surface area contributed by atoms with Crippen molar-refractivity contribution in [3.8, 4) is 27.9 Å². The first-order valence-electron chi connectivity index (χ1n) is 24.5. The number of benzene rings is 8. The lowest BCUT2D eigenvalue weighted by atomic mass is 9.43. The molecule has 2 aliphatic heterocycles. The zero-order chi connectivity index (χ0) is 46.7. The highest BCUT2D eigenvalue weighted by atomic mass is 16.3. The number of aromatic nitrogens is 1. The largest absolute Gasteiger partial charge is 0.456 e. The molecule has 0 fully saturated rings. The van der Waals surface area contributed by atoms with E-state index in [0.717, 1.165) is 44.2 Å². The second-order valence-corrected chi connectivity index (χ2v) is 23.8. The van der Waals surface area contributed by atoms with Crippen molar-refractivity contribution in [2.24, 2.45) is 0 Å². The van der Waals surface area contributed by atoms with Gasteiger partial charge in [0.15, 0.2) is 0 Å². The van der Waals surface area contributed by atoms with Gasteiger partial charge in [-0.3, -0.25) is 0 Å². The minimum atomic E-state index is -0.233. The van der Waals surface area contributed by atoms with Crippen molar-refractivity contribution in [3.05, 3.63) is 161 Å². The van der Waals surface area contributed by atoms with E-state index in [9.17, 15) is 0 Å². The summed E-state index contributed by atoms with van der Waals surface area (Å²) in [7, 11) is 0. The van der Waals surface area contributed by atoms with Gasteiger partial charge in [0.1, 0.15) is 22.3 Å². The van der Waals surface area contributed by atoms with E-state index in [1.165, 1.54) is 99.6 Å². The van der Waals surface area contributed by atoms with E-state index >= 15 is 0 Å². The van der Waals surface area contributed by atoms with Crippen LogP contribution in [0, 0.1) is 0 Å². The fourth-order valence-corrected chi connectivity index (χ4v) is 12.6. The Bertz CT molecular complexity index is 4060. The number of hydrogen-bond donors (Lipinski definition) is 0. The Morgan fingerprint density at radius 2 is 1.12 bits per heavy atom. The summed E-state index contributed by atoms with van der Waals surface area (Å²) in [6.45, 7) is 25.5. The molecule has 68 heavy (non-hydrogen) atoms. The van der Waals surface area contributed by atoms with Gasteiger partial charge in [0.25, 0.3) is 0 Å². The highest BCUT2D eigenvalue weighted by Crippen LogP contribution is 2.57. The van der Waals surface area contributed by atoms with Gasteiger partial charge in [0, 0.05) is 65.9 Å². The van der Waals surface area contributed by atoms with Gasteiger partial charge < -0.3 is 18.2 Å². The number of para-hydroxylation sites is 2. The fourth-order valence-electron chi connectivity index (χ4n) is 12.6. The number of rotatable bonds is 1. The molecule has 3 aromatic heterocycles. The molecule has 0 unspecified atom stereocenters. The highest BCUT2D eigenvalue weighted by molar-refractivity contribution is 6.94. The molecule has 0 bridgehead atoms. The number of anilines is 2. The lowest BCUT2D eigenvalue weighted by Gasteiger charge is -2.42. The molecule has 1 aliphatic carbocycles. The van der Waals surface area contributed by atoms with E-state index in [1.54, 1.807) is 0 Å². The molecule has 332 valence electrons. The Labute approximate surface area is 398 Å². The Hall–Kier alpha value is -6.98. The van der Waals surface area contributed by atoms with E-state index in [-0.39, 0.29) is 28.5 Å². The molecular weight excluding hydrogens is 828 g/mol. The van der Waals surface area contributed by atoms with Gasteiger partial charge in [-0.2, -0.15) is 0 Å². The molecule has 5 heterocycles. The summed E-state index contributed by atoms with van der Waals surface area (Å²) in [5.41, 5.74) is 23.6. The van der Waals surface area contributed by atoms with Crippen LogP contribution in [-0.2, 0) is 21.7 Å². The van der Waals surface area contributed by atoms with Gasteiger partial charge in [0.05, 0.1) is 11.0 Å². The molecule has 5 heteroatoms. The lowest BCUT2D eigenvalue weighted by Crippen LogP contribution is -2.60. The highest BCUT2D eigenvalue weighted by Gasteiger charge is 2.48. The van der Waals surface area contributed by atoms with E-state index in [2.05, 4.69) is 219 Å². The molecule has 3 aliphatic rings. The zero-order valence-corrected chi connectivity index (χ0v) is 41.0. The Kier molecular flexibility index (Phi) is 7.53. The Balaban J connectivity index is 1.21. The van der Waals surface area contributed by atoms with Crippen LogP contribution in [0.4, 0.5) is 11.4 Å². The quantitative estimate of drug-likeness (QED) is 0.154. The van der Waals surface area contributed by atoms with Crippen molar-refractivity contribution in [1.29, 1.82) is 0 Å². The maximum atomic E-state index is 7.38. The molecule has 0 atom stereocenters. The SMILES string of the molecule is CC(C)(C)c1ccc(N2B3c4cc5oc6ccccc6c5cc4-n4c5ccc(C(C)(C)C)cc5c5c6c(oc7ccccc76)c(c3c54)-c3cc4c(cc32)-c2ccc(C(C)(C)C)cc2C4(C)C)cc1. The summed E-state index contributed by atoms with van der Waals surface area (Å²) in [5, 5.41) is 7.10. The minimum absolute atomic E-state index is 0.00318. The molecule has 0 saturated heterocycles. The summed E-state index contributed by atoms with van der Waals surface area (Å²) in [6.07, 6.45) is 0. The molecule has 0 N–H and O–H groups in total. The Morgan fingerprint density at radius 3 is 1.84 bits per heavy atom. The summed E-state index contributed by atoms with van der Waals surface area (Å²) >= 11 is 0. The first-order valence-corrected chi connectivity index (χ1v) is 24.5. The average molecular weight is 883 g/mol. The van der Waals surface area contributed by atoms with Gasteiger partial charge in [-0.25, -0.2) is 0 Å². The second-order valence-electron chi connectivity index (χ2n) is 23.8. The van der Waals surface area contributed by atoms with Crippen molar-refractivity contribution in [3.63, 3.8) is 0 Å². The van der Waals surface area contributed by atoms with Crippen LogP contribution in [0.3, 0.4) is 0 Å². The lowest BCUT2D eigenvalue weighted by molar-refractivity contribution is 0.584. The summed E-state index contributed by atoms with van der Waals surface area (Å²) in [4.78, 5) is 2.67. The van der Waals surface area contributed by atoms with Crippen molar-refractivity contribution in [1.82, 2.24) is 4.57 Å². The predicted octanol–water partition coefficient (Wildman–Crippen LogP) is 16.0. The van der Waals surface area contributed by atoms with Crippen LogP contribution < -0.4 is 15.7 Å². The van der Waals surface area contributed by atoms with E-state index in [4.69, 9.17) is 8.83 Å². The van der Waals surface area contributed by atoms with Gasteiger partial charge in [0.2, 0.25) is 0 Å². The normalized spacial score (nSPS) is 15.0. The molecular formula is C63H55BN2O2. The smallest absolute Gasteiger partial charge is 0.333 e. The monoisotopic (exact) mass is 882 g/mol. The molecule has 8 aromatic carbocycles. The van der Waals surface area contributed by atoms with Gasteiger partial charge >= 0.3 is 6.85 Å². The van der Waals surface area contributed by atoms with Crippen LogP contribution in [-0.4, -0.2) is 11.4 Å². The van der Waals surface area contributed by atoms with Crippen molar-refractivity contribution in [2.45, 2.75) is 97.8 Å². The van der Waals surface area contributed by atoms with Crippen molar-refractivity contribution >= 4 is 94.8 Å². The molecule has 14 rings (SSSR count).